The molecule has 1 saturated heterocycles. The fourth-order valence-corrected chi connectivity index (χ4v) is 3.88. The smallest absolute Gasteiger partial charge is 0.234 e. The van der Waals surface area contributed by atoms with Crippen molar-refractivity contribution in [3.63, 3.8) is 0 Å². The molecule has 1 aliphatic heterocycles. The van der Waals surface area contributed by atoms with Crippen molar-refractivity contribution in [2.45, 2.75) is 13.0 Å². The Morgan fingerprint density at radius 2 is 1.92 bits per heavy atom. The van der Waals surface area contributed by atoms with Gasteiger partial charge in [-0.05, 0) is 17.7 Å². The topological polar surface area (TPSA) is 74.0 Å². The van der Waals surface area contributed by atoms with Gasteiger partial charge in [0.2, 0.25) is 4.96 Å². The molecule has 1 aliphatic rings. The summed E-state index contributed by atoms with van der Waals surface area (Å²) in [5.41, 5.74) is 1.11. The summed E-state index contributed by atoms with van der Waals surface area (Å²) < 4.78 is 17.9. The molecule has 1 aromatic carbocycles. The number of hydrogen-bond donors (Lipinski definition) is 0. The number of hydrogen-bond acceptors (Lipinski definition) is 8. The minimum atomic E-state index is 0.714. The maximum absolute atomic E-state index is 5.40. The van der Waals surface area contributed by atoms with Gasteiger partial charge in [-0.25, -0.2) is 0 Å². The highest BCUT2D eigenvalue weighted by molar-refractivity contribution is 7.16. The molecule has 4 rings (SSSR count). The van der Waals surface area contributed by atoms with E-state index in [1.807, 2.05) is 22.7 Å². The summed E-state index contributed by atoms with van der Waals surface area (Å²) >= 11 is 1.56. The van der Waals surface area contributed by atoms with Gasteiger partial charge in [0.25, 0.3) is 0 Å². The minimum absolute atomic E-state index is 0.714. The van der Waals surface area contributed by atoms with Crippen molar-refractivity contribution in [1.29, 1.82) is 0 Å². The highest BCUT2D eigenvalue weighted by Gasteiger charge is 2.17. The van der Waals surface area contributed by atoms with Crippen molar-refractivity contribution < 1.29 is 14.2 Å². The average molecular weight is 375 g/mol. The summed E-state index contributed by atoms with van der Waals surface area (Å²) in [7, 11) is 3.28. The Morgan fingerprint density at radius 3 is 2.69 bits per heavy atom. The molecule has 0 bridgehead atoms. The van der Waals surface area contributed by atoms with Gasteiger partial charge in [0.05, 0.1) is 34.0 Å². The highest BCUT2D eigenvalue weighted by atomic mass is 32.1. The van der Waals surface area contributed by atoms with Crippen LogP contribution in [-0.2, 0) is 17.7 Å². The van der Waals surface area contributed by atoms with Gasteiger partial charge in [-0.15, -0.1) is 10.2 Å². The van der Waals surface area contributed by atoms with Gasteiger partial charge in [0.1, 0.15) is 5.01 Å². The van der Waals surface area contributed by atoms with Gasteiger partial charge in [0.15, 0.2) is 17.3 Å². The van der Waals surface area contributed by atoms with E-state index < -0.39 is 0 Å². The Balaban J connectivity index is 1.52. The fourth-order valence-electron chi connectivity index (χ4n) is 2.99. The van der Waals surface area contributed by atoms with Crippen LogP contribution >= 0.6 is 11.3 Å². The summed E-state index contributed by atoms with van der Waals surface area (Å²) in [5, 5.41) is 14.3. The van der Waals surface area contributed by atoms with Crippen molar-refractivity contribution in [2.24, 2.45) is 0 Å². The molecule has 138 valence electrons. The Labute approximate surface area is 155 Å². The van der Waals surface area contributed by atoms with Crippen LogP contribution in [0.15, 0.2) is 18.2 Å². The van der Waals surface area contributed by atoms with E-state index in [9.17, 15) is 0 Å². The molecule has 0 saturated carbocycles. The zero-order valence-electron chi connectivity index (χ0n) is 14.8. The molecule has 26 heavy (non-hydrogen) atoms. The fraction of sp³-hybridized carbons (Fsp3) is 0.471. The van der Waals surface area contributed by atoms with Crippen LogP contribution in [0.1, 0.15) is 16.4 Å². The van der Waals surface area contributed by atoms with Gasteiger partial charge in [0, 0.05) is 19.5 Å². The van der Waals surface area contributed by atoms with Crippen LogP contribution in [0, 0.1) is 0 Å². The normalized spacial score (nSPS) is 15.5. The van der Waals surface area contributed by atoms with E-state index in [2.05, 4.69) is 15.1 Å². The lowest BCUT2D eigenvalue weighted by Gasteiger charge is -2.25. The van der Waals surface area contributed by atoms with Gasteiger partial charge in [-0.3, -0.25) is 4.90 Å². The summed E-state index contributed by atoms with van der Waals surface area (Å²) in [6.45, 7) is 4.10. The lowest BCUT2D eigenvalue weighted by atomic mass is 10.1. The molecule has 3 aromatic rings. The largest absolute Gasteiger partial charge is 0.493 e. The number of methoxy groups -OCH3 is 2. The van der Waals surface area contributed by atoms with Gasteiger partial charge < -0.3 is 14.2 Å². The molecule has 1 fully saturated rings. The Bertz CT molecular complexity index is 888. The first-order valence-electron chi connectivity index (χ1n) is 8.48. The van der Waals surface area contributed by atoms with Crippen molar-refractivity contribution in [1.82, 2.24) is 24.7 Å². The lowest BCUT2D eigenvalue weighted by Crippen LogP contribution is -2.36. The summed E-state index contributed by atoms with van der Waals surface area (Å²) in [6, 6.07) is 5.92. The third-order valence-corrected chi connectivity index (χ3v) is 5.27. The summed E-state index contributed by atoms with van der Waals surface area (Å²) in [4.78, 5) is 3.14. The summed E-state index contributed by atoms with van der Waals surface area (Å²) in [6.07, 6.45) is 0.714. The quantitative estimate of drug-likeness (QED) is 0.648. The standard InChI is InChI=1S/C17H21N5O3S/c1-23-13-4-3-12(9-14(13)24-2)10-16-20-22-15(18-19-17(22)26-16)11-21-5-7-25-8-6-21/h3-4,9H,5-8,10-11H2,1-2H3. The maximum Gasteiger partial charge on any atom is 0.234 e. The first-order chi connectivity index (χ1) is 12.8. The van der Waals surface area contributed by atoms with Crippen molar-refractivity contribution in [3.05, 3.63) is 34.6 Å². The molecule has 8 nitrogen and oxygen atoms in total. The first-order valence-corrected chi connectivity index (χ1v) is 9.29. The number of benzene rings is 1. The molecule has 2 aromatic heterocycles. The zero-order valence-corrected chi connectivity index (χ0v) is 15.7. The number of nitrogens with zero attached hydrogens (tertiary/aromatic N) is 5. The molecule has 9 heteroatoms. The minimum Gasteiger partial charge on any atom is -0.493 e. The number of fused-ring (bicyclic) bond motifs is 1. The second kappa shape index (κ2) is 7.56. The van der Waals surface area contributed by atoms with E-state index in [-0.39, 0.29) is 0 Å². The predicted octanol–water partition coefficient (Wildman–Crippen LogP) is 1.63. The average Bonchev–Trinajstić information content (AvgIpc) is 3.23. The molecule has 0 unspecified atom stereocenters. The third-order valence-electron chi connectivity index (χ3n) is 4.37. The summed E-state index contributed by atoms with van der Waals surface area (Å²) in [5.74, 6) is 2.32. The SMILES string of the molecule is COc1ccc(Cc2nn3c(CN4CCOCC4)nnc3s2)cc1OC. The molecule has 3 heterocycles. The van der Waals surface area contributed by atoms with Crippen LogP contribution in [0.5, 0.6) is 11.5 Å². The monoisotopic (exact) mass is 375 g/mol. The molecule has 0 spiro atoms. The van der Waals surface area contributed by atoms with Crippen molar-refractivity contribution in [2.75, 3.05) is 40.5 Å². The van der Waals surface area contributed by atoms with Gasteiger partial charge in [-0.1, -0.05) is 17.4 Å². The molecular formula is C17H21N5O3S. The Hall–Kier alpha value is -2.23. The number of aromatic nitrogens is 4. The van der Waals surface area contributed by atoms with E-state index in [4.69, 9.17) is 19.3 Å². The van der Waals surface area contributed by atoms with Crippen LogP contribution in [0.25, 0.3) is 4.96 Å². The van der Waals surface area contributed by atoms with E-state index in [1.54, 1.807) is 25.6 Å². The van der Waals surface area contributed by atoms with Crippen LogP contribution in [0.2, 0.25) is 0 Å². The zero-order chi connectivity index (χ0) is 17.9. The molecule has 0 aliphatic carbocycles. The highest BCUT2D eigenvalue weighted by Crippen LogP contribution is 2.29. The molecular weight excluding hydrogens is 354 g/mol. The lowest BCUT2D eigenvalue weighted by molar-refractivity contribution is 0.0328. The van der Waals surface area contributed by atoms with Gasteiger partial charge >= 0.3 is 0 Å². The molecule has 0 N–H and O–H groups in total. The molecule has 0 amide bonds. The van der Waals surface area contributed by atoms with Crippen LogP contribution in [0.3, 0.4) is 0 Å². The van der Waals surface area contributed by atoms with E-state index in [1.165, 1.54) is 0 Å². The third kappa shape index (κ3) is 3.50. The molecule has 0 atom stereocenters. The number of ether oxygens (including phenoxy) is 3. The Kier molecular flexibility index (Phi) is 5.00. The predicted molar refractivity (Wildman–Crippen MR) is 97.1 cm³/mol. The van der Waals surface area contributed by atoms with Crippen LogP contribution in [0.4, 0.5) is 0 Å². The maximum atomic E-state index is 5.40. The van der Waals surface area contributed by atoms with Crippen molar-refractivity contribution in [3.8, 4) is 11.5 Å². The Morgan fingerprint density at radius 1 is 1.12 bits per heavy atom. The number of rotatable bonds is 6. The number of morpholine rings is 1. The van der Waals surface area contributed by atoms with Crippen molar-refractivity contribution >= 4 is 16.3 Å². The first kappa shape index (κ1) is 17.2. The van der Waals surface area contributed by atoms with E-state index in [0.29, 0.717) is 6.42 Å². The second-order valence-electron chi connectivity index (χ2n) is 6.06. The van der Waals surface area contributed by atoms with Gasteiger partial charge in [-0.2, -0.15) is 9.61 Å². The van der Waals surface area contributed by atoms with E-state index in [0.717, 1.165) is 65.7 Å². The van der Waals surface area contributed by atoms with E-state index >= 15 is 0 Å². The second-order valence-corrected chi connectivity index (χ2v) is 7.10. The van der Waals surface area contributed by atoms with Crippen LogP contribution < -0.4 is 9.47 Å². The van der Waals surface area contributed by atoms with Crippen LogP contribution in [-0.4, -0.2) is 65.2 Å². The molecule has 0 radical (unpaired) electrons.